The average molecular weight is 317 g/mol. The quantitative estimate of drug-likeness (QED) is 0.813. The molecule has 0 fully saturated rings. The molecular formula is C16H19N3O4. The molecule has 1 aromatic carbocycles. The molecule has 0 unspecified atom stereocenters. The Morgan fingerprint density at radius 3 is 2.52 bits per heavy atom. The van der Waals surface area contributed by atoms with E-state index in [4.69, 9.17) is 9.26 Å². The minimum Gasteiger partial charge on any atom is -0.450 e. The number of hydrogen-bond donors (Lipinski definition) is 1. The number of benzene rings is 1. The molecule has 0 aliphatic rings. The van der Waals surface area contributed by atoms with Crippen molar-refractivity contribution in [3.8, 4) is 0 Å². The van der Waals surface area contributed by atoms with Crippen molar-refractivity contribution in [2.75, 3.05) is 25.6 Å². The van der Waals surface area contributed by atoms with Crippen LogP contribution in [0.3, 0.4) is 0 Å². The van der Waals surface area contributed by atoms with Crippen LogP contribution in [0.5, 0.6) is 0 Å². The van der Waals surface area contributed by atoms with E-state index in [0.29, 0.717) is 12.2 Å². The lowest BCUT2D eigenvalue weighted by atomic mass is 10.2. The zero-order chi connectivity index (χ0) is 16.8. The van der Waals surface area contributed by atoms with E-state index in [1.807, 2.05) is 43.3 Å². The second-order valence-electron chi connectivity index (χ2n) is 5.25. The van der Waals surface area contributed by atoms with Crippen molar-refractivity contribution < 1.29 is 18.8 Å². The first-order valence-electron chi connectivity index (χ1n) is 7.09. The van der Waals surface area contributed by atoms with Crippen molar-refractivity contribution in [2.45, 2.75) is 13.5 Å². The molecule has 1 amide bonds. The molecule has 7 heteroatoms. The van der Waals surface area contributed by atoms with Crippen LogP contribution in [0.1, 0.15) is 21.8 Å². The Kier molecular flexibility index (Phi) is 5.35. The molecule has 1 heterocycles. The van der Waals surface area contributed by atoms with Gasteiger partial charge in [-0.1, -0.05) is 17.3 Å². The Morgan fingerprint density at radius 2 is 1.96 bits per heavy atom. The fourth-order valence-electron chi connectivity index (χ4n) is 1.83. The highest BCUT2D eigenvalue weighted by atomic mass is 16.6. The summed E-state index contributed by atoms with van der Waals surface area (Å²) in [4.78, 5) is 25.3. The predicted octanol–water partition coefficient (Wildman–Crippen LogP) is 1.52. The van der Waals surface area contributed by atoms with Crippen LogP contribution < -0.4 is 10.2 Å². The third kappa shape index (κ3) is 4.84. The van der Waals surface area contributed by atoms with Gasteiger partial charge in [-0.15, -0.1) is 0 Å². The van der Waals surface area contributed by atoms with Gasteiger partial charge < -0.3 is 19.5 Å². The van der Waals surface area contributed by atoms with Crippen LogP contribution in [0, 0.1) is 6.92 Å². The van der Waals surface area contributed by atoms with Gasteiger partial charge in [0.2, 0.25) is 5.76 Å². The summed E-state index contributed by atoms with van der Waals surface area (Å²) < 4.78 is 9.61. The van der Waals surface area contributed by atoms with Gasteiger partial charge in [0.05, 0.1) is 5.69 Å². The fourth-order valence-corrected chi connectivity index (χ4v) is 1.83. The Morgan fingerprint density at radius 1 is 1.26 bits per heavy atom. The maximum atomic E-state index is 11.7. The summed E-state index contributed by atoms with van der Waals surface area (Å²) in [5.74, 6) is -1.11. The standard InChI is InChI=1S/C16H19N3O4/c1-11-8-14(23-18-11)16(21)22-10-15(20)17-9-12-4-6-13(7-5-12)19(2)3/h4-8H,9-10H2,1-3H3,(H,17,20). The third-order valence-corrected chi connectivity index (χ3v) is 3.11. The van der Waals surface area contributed by atoms with Gasteiger partial charge in [0.25, 0.3) is 5.91 Å². The van der Waals surface area contributed by atoms with Crippen molar-refractivity contribution in [1.82, 2.24) is 10.5 Å². The topological polar surface area (TPSA) is 84.7 Å². The van der Waals surface area contributed by atoms with Gasteiger partial charge in [-0.3, -0.25) is 4.79 Å². The van der Waals surface area contributed by atoms with Crippen LogP contribution in [0.2, 0.25) is 0 Å². The summed E-state index contributed by atoms with van der Waals surface area (Å²) in [5.41, 5.74) is 2.61. The van der Waals surface area contributed by atoms with Crippen molar-refractivity contribution >= 4 is 17.6 Å². The van der Waals surface area contributed by atoms with Gasteiger partial charge >= 0.3 is 5.97 Å². The average Bonchev–Trinajstić information content (AvgIpc) is 2.97. The number of nitrogens with zero attached hydrogens (tertiary/aromatic N) is 2. The van der Waals surface area contributed by atoms with Crippen molar-refractivity contribution in [1.29, 1.82) is 0 Å². The minimum absolute atomic E-state index is 0.0189. The van der Waals surface area contributed by atoms with Gasteiger partial charge in [-0.2, -0.15) is 0 Å². The molecular weight excluding hydrogens is 298 g/mol. The highest BCUT2D eigenvalue weighted by Crippen LogP contribution is 2.12. The third-order valence-electron chi connectivity index (χ3n) is 3.11. The van der Waals surface area contributed by atoms with Crippen LogP contribution in [0.25, 0.3) is 0 Å². The first kappa shape index (κ1) is 16.5. The molecule has 0 radical (unpaired) electrons. The van der Waals surface area contributed by atoms with E-state index >= 15 is 0 Å². The number of carbonyl (C=O) groups excluding carboxylic acids is 2. The van der Waals surface area contributed by atoms with Crippen LogP contribution in [-0.2, 0) is 16.1 Å². The highest BCUT2D eigenvalue weighted by Gasteiger charge is 2.14. The predicted molar refractivity (Wildman–Crippen MR) is 84.1 cm³/mol. The van der Waals surface area contributed by atoms with Crippen molar-refractivity contribution in [3.63, 3.8) is 0 Å². The number of nitrogens with one attached hydrogen (secondary N) is 1. The van der Waals surface area contributed by atoms with Crippen LogP contribution in [-0.4, -0.2) is 37.7 Å². The molecule has 0 bridgehead atoms. The summed E-state index contributed by atoms with van der Waals surface area (Å²) >= 11 is 0. The maximum absolute atomic E-state index is 11.7. The summed E-state index contributed by atoms with van der Waals surface area (Å²) in [7, 11) is 3.92. The number of esters is 1. The van der Waals surface area contributed by atoms with E-state index in [2.05, 4.69) is 10.5 Å². The molecule has 122 valence electrons. The fraction of sp³-hybridized carbons (Fsp3) is 0.312. The lowest BCUT2D eigenvalue weighted by Crippen LogP contribution is -2.28. The lowest BCUT2D eigenvalue weighted by molar-refractivity contribution is -0.124. The number of rotatable bonds is 6. The zero-order valence-electron chi connectivity index (χ0n) is 13.3. The number of aryl methyl sites for hydroxylation is 1. The van der Waals surface area contributed by atoms with E-state index < -0.39 is 5.97 Å². The van der Waals surface area contributed by atoms with Crippen LogP contribution >= 0.6 is 0 Å². The molecule has 2 rings (SSSR count). The van der Waals surface area contributed by atoms with Gasteiger partial charge in [-0.25, -0.2) is 4.79 Å². The van der Waals surface area contributed by atoms with Gasteiger partial charge in [0.1, 0.15) is 0 Å². The smallest absolute Gasteiger partial charge is 0.377 e. The molecule has 1 N–H and O–H groups in total. The van der Waals surface area contributed by atoms with E-state index in [0.717, 1.165) is 11.3 Å². The molecule has 0 atom stereocenters. The monoisotopic (exact) mass is 317 g/mol. The Hall–Kier alpha value is -2.83. The van der Waals surface area contributed by atoms with E-state index in [1.165, 1.54) is 6.07 Å². The Bertz CT molecular complexity index is 677. The molecule has 7 nitrogen and oxygen atoms in total. The first-order valence-corrected chi connectivity index (χ1v) is 7.09. The number of carbonyl (C=O) groups is 2. The van der Waals surface area contributed by atoms with Crippen molar-refractivity contribution in [3.05, 3.63) is 47.3 Å². The molecule has 0 spiro atoms. The number of anilines is 1. The summed E-state index contributed by atoms with van der Waals surface area (Å²) in [6.07, 6.45) is 0. The van der Waals surface area contributed by atoms with Gasteiger partial charge in [-0.05, 0) is 24.6 Å². The molecule has 0 saturated carbocycles. The maximum Gasteiger partial charge on any atom is 0.377 e. The van der Waals surface area contributed by atoms with Crippen LogP contribution in [0.15, 0.2) is 34.9 Å². The molecule has 1 aromatic heterocycles. The van der Waals surface area contributed by atoms with E-state index in [9.17, 15) is 9.59 Å². The van der Waals surface area contributed by atoms with E-state index in [1.54, 1.807) is 6.92 Å². The molecule has 0 saturated heterocycles. The van der Waals surface area contributed by atoms with Gasteiger partial charge in [0.15, 0.2) is 6.61 Å². The normalized spacial score (nSPS) is 10.2. The van der Waals surface area contributed by atoms with Crippen LogP contribution in [0.4, 0.5) is 5.69 Å². The van der Waals surface area contributed by atoms with E-state index in [-0.39, 0.29) is 18.3 Å². The van der Waals surface area contributed by atoms with Gasteiger partial charge in [0, 0.05) is 32.4 Å². The molecule has 0 aliphatic carbocycles. The second kappa shape index (κ2) is 7.44. The number of aromatic nitrogens is 1. The molecule has 0 aliphatic heterocycles. The second-order valence-corrected chi connectivity index (χ2v) is 5.25. The number of hydrogen-bond acceptors (Lipinski definition) is 6. The highest BCUT2D eigenvalue weighted by molar-refractivity contribution is 5.88. The Balaban J connectivity index is 1.75. The first-order chi connectivity index (χ1) is 11.0. The molecule has 2 aromatic rings. The Labute approximate surface area is 134 Å². The molecule has 23 heavy (non-hydrogen) atoms. The summed E-state index contributed by atoms with van der Waals surface area (Å²) in [5, 5.41) is 6.26. The minimum atomic E-state index is -0.712. The number of amides is 1. The SMILES string of the molecule is Cc1cc(C(=O)OCC(=O)NCc2ccc(N(C)C)cc2)on1. The largest absolute Gasteiger partial charge is 0.450 e. The number of ether oxygens (including phenoxy) is 1. The lowest BCUT2D eigenvalue weighted by Gasteiger charge is -2.12. The van der Waals surface area contributed by atoms with Crippen molar-refractivity contribution in [2.24, 2.45) is 0 Å². The zero-order valence-corrected chi connectivity index (χ0v) is 13.3. The summed E-state index contributed by atoms with van der Waals surface area (Å²) in [6, 6.07) is 9.24. The summed E-state index contributed by atoms with van der Waals surface area (Å²) in [6.45, 7) is 1.69.